The third-order valence-corrected chi connectivity index (χ3v) is 2.37. The minimum Gasteiger partial charge on any atom is -0.397 e. The van der Waals surface area contributed by atoms with Crippen molar-refractivity contribution in [2.45, 2.75) is 18.4 Å². The van der Waals surface area contributed by atoms with E-state index >= 15 is 0 Å². The maximum atomic E-state index is 12.6. The number of rotatable bonds is 3. The predicted molar refractivity (Wildman–Crippen MR) is 52.2 cm³/mol. The first-order chi connectivity index (χ1) is 6.61. The summed E-state index contributed by atoms with van der Waals surface area (Å²) in [5.74, 6) is 0. The number of pyridine rings is 1. The van der Waals surface area contributed by atoms with Crippen molar-refractivity contribution in [3.63, 3.8) is 0 Å². The Bertz CT molecular complexity index is 333. The number of hydrogen-bond acceptors (Lipinski definition) is 3. The highest BCUT2D eigenvalue weighted by atomic mass is 79.9. The molecule has 1 aromatic heterocycles. The zero-order valence-electron chi connectivity index (χ0n) is 7.17. The van der Waals surface area contributed by atoms with Gasteiger partial charge in [0.25, 0.3) is 6.43 Å². The Morgan fingerprint density at radius 3 is 2.64 bits per heavy atom. The van der Waals surface area contributed by atoms with Gasteiger partial charge in [-0.05, 0) is 0 Å². The molecule has 3 N–H and O–H groups in total. The molecular formula is C8H9BrF2N2O. The number of halogens is 3. The molecule has 0 saturated carbocycles. The summed E-state index contributed by atoms with van der Waals surface area (Å²) in [5, 5.41) is 9.12. The molecule has 1 rings (SSSR count). The van der Waals surface area contributed by atoms with Gasteiger partial charge >= 0.3 is 0 Å². The van der Waals surface area contributed by atoms with Gasteiger partial charge in [-0.3, -0.25) is 4.98 Å². The van der Waals surface area contributed by atoms with Crippen molar-refractivity contribution in [1.29, 1.82) is 0 Å². The molecule has 0 aliphatic carbocycles. The van der Waals surface area contributed by atoms with E-state index in [4.69, 9.17) is 10.8 Å². The van der Waals surface area contributed by atoms with Crippen molar-refractivity contribution in [1.82, 2.24) is 4.98 Å². The third-order valence-electron chi connectivity index (χ3n) is 1.84. The number of aromatic nitrogens is 1. The number of nitrogens with two attached hydrogens (primary N) is 1. The number of aliphatic hydroxyl groups excluding tert-OH is 1. The molecule has 0 fully saturated rings. The van der Waals surface area contributed by atoms with E-state index in [-0.39, 0.29) is 16.8 Å². The van der Waals surface area contributed by atoms with Gasteiger partial charge in [-0.15, -0.1) is 0 Å². The molecule has 1 aromatic rings. The molecule has 14 heavy (non-hydrogen) atoms. The van der Waals surface area contributed by atoms with Gasteiger partial charge in [0, 0.05) is 22.7 Å². The molecule has 0 saturated heterocycles. The van der Waals surface area contributed by atoms with Crippen LogP contribution in [0.3, 0.4) is 0 Å². The molecule has 0 spiro atoms. The molecule has 0 atom stereocenters. The van der Waals surface area contributed by atoms with Gasteiger partial charge in [0.05, 0.1) is 18.0 Å². The lowest BCUT2D eigenvalue weighted by molar-refractivity contribution is 0.147. The molecule has 0 aromatic carbocycles. The van der Waals surface area contributed by atoms with E-state index in [2.05, 4.69) is 20.9 Å². The van der Waals surface area contributed by atoms with Gasteiger partial charge in [-0.1, -0.05) is 15.9 Å². The minimum atomic E-state index is -2.70. The van der Waals surface area contributed by atoms with Crippen molar-refractivity contribution >= 4 is 21.6 Å². The van der Waals surface area contributed by atoms with E-state index in [0.717, 1.165) is 0 Å². The third kappa shape index (κ3) is 2.01. The zero-order chi connectivity index (χ0) is 10.7. The number of aliphatic hydroxyl groups is 1. The second-order valence-corrected chi connectivity index (χ2v) is 3.21. The maximum Gasteiger partial charge on any atom is 0.266 e. The quantitative estimate of drug-likeness (QED) is 0.823. The van der Waals surface area contributed by atoms with Gasteiger partial charge in [-0.25, -0.2) is 8.78 Å². The van der Waals surface area contributed by atoms with Crippen LogP contribution in [0.15, 0.2) is 6.20 Å². The summed E-state index contributed by atoms with van der Waals surface area (Å²) < 4.78 is 25.1. The SMILES string of the molecule is Nc1c(CBr)ncc(CO)c1C(F)F. The molecule has 0 unspecified atom stereocenters. The predicted octanol–water partition coefficient (Wildman–Crippen LogP) is 1.99. The molecule has 0 aliphatic rings. The smallest absolute Gasteiger partial charge is 0.266 e. The number of alkyl halides is 3. The molecule has 6 heteroatoms. The van der Waals surface area contributed by atoms with Crippen molar-refractivity contribution < 1.29 is 13.9 Å². The first-order valence-corrected chi connectivity index (χ1v) is 4.95. The molecule has 0 radical (unpaired) electrons. The summed E-state index contributed by atoms with van der Waals surface area (Å²) in [6, 6.07) is 0. The first-order valence-electron chi connectivity index (χ1n) is 3.82. The molecule has 0 amide bonds. The van der Waals surface area contributed by atoms with Crippen LogP contribution in [0.25, 0.3) is 0 Å². The van der Waals surface area contributed by atoms with Crippen molar-refractivity contribution in [3.05, 3.63) is 23.0 Å². The summed E-state index contributed by atoms with van der Waals surface area (Å²) in [6.45, 7) is -0.487. The van der Waals surface area contributed by atoms with Crippen LogP contribution in [0.1, 0.15) is 23.2 Å². The Morgan fingerprint density at radius 1 is 1.57 bits per heavy atom. The average molecular weight is 267 g/mol. The van der Waals surface area contributed by atoms with Crippen LogP contribution in [0, 0.1) is 0 Å². The summed E-state index contributed by atoms with van der Waals surface area (Å²) in [6.07, 6.45) is -1.48. The standard InChI is InChI=1S/C8H9BrF2N2O/c9-1-5-7(12)6(8(10)11)4(3-14)2-13-5/h2,8,14H,1,3,12H2. The summed E-state index contributed by atoms with van der Waals surface area (Å²) in [7, 11) is 0. The molecule has 3 nitrogen and oxygen atoms in total. The molecular weight excluding hydrogens is 258 g/mol. The highest BCUT2D eigenvalue weighted by Crippen LogP contribution is 2.30. The zero-order valence-corrected chi connectivity index (χ0v) is 8.76. The number of anilines is 1. The summed E-state index contributed by atoms with van der Waals surface area (Å²) in [5.41, 5.74) is 5.54. The Balaban J connectivity index is 3.31. The van der Waals surface area contributed by atoms with Crippen LogP contribution in [0.5, 0.6) is 0 Å². The topological polar surface area (TPSA) is 59.1 Å². The van der Waals surface area contributed by atoms with E-state index in [1.807, 2.05) is 0 Å². The number of nitrogens with zero attached hydrogens (tertiary/aromatic N) is 1. The molecule has 0 bridgehead atoms. The normalized spacial score (nSPS) is 10.9. The average Bonchev–Trinajstić information content (AvgIpc) is 2.16. The fraction of sp³-hybridized carbons (Fsp3) is 0.375. The van der Waals surface area contributed by atoms with Gasteiger partial charge < -0.3 is 10.8 Å². The second-order valence-electron chi connectivity index (χ2n) is 2.65. The highest BCUT2D eigenvalue weighted by molar-refractivity contribution is 9.08. The van der Waals surface area contributed by atoms with Crippen LogP contribution in [-0.2, 0) is 11.9 Å². The summed E-state index contributed by atoms with van der Waals surface area (Å²) in [4.78, 5) is 3.85. The van der Waals surface area contributed by atoms with Crippen LogP contribution < -0.4 is 5.73 Å². The monoisotopic (exact) mass is 266 g/mol. The van der Waals surface area contributed by atoms with Gasteiger partial charge in [0.1, 0.15) is 0 Å². The number of nitrogen functional groups attached to an aromatic ring is 1. The fourth-order valence-electron chi connectivity index (χ4n) is 1.11. The molecule has 78 valence electrons. The largest absolute Gasteiger partial charge is 0.397 e. The molecule has 0 aliphatic heterocycles. The lowest BCUT2D eigenvalue weighted by atomic mass is 10.1. The van der Waals surface area contributed by atoms with Gasteiger partial charge in [0.2, 0.25) is 0 Å². The van der Waals surface area contributed by atoms with E-state index < -0.39 is 13.0 Å². The van der Waals surface area contributed by atoms with Gasteiger partial charge in [0.15, 0.2) is 0 Å². The lowest BCUT2D eigenvalue weighted by Gasteiger charge is -2.11. The van der Waals surface area contributed by atoms with E-state index in [9.17, 15) is 8.78 Å². The van der Waals surface area contributed by atoms with Crippen molar-refractivity contribution in [2.75, 3.05) is 5.73 Å². The summed E-state index contributed by atoms with van der Waals surface area (Å²) >= 11 is 3.09. The van der Waals surface area contributed by atoms with Gasteiger partial charge in [-0.2, -0.15) is 0 Å². The van der Waals surface area contributed by atoms with Crippen LogP contribution in [0.2, 0.25) is 0 Å². The Hall–Kier alpha value is -0.750. The van der Waals surface area contributed by atoms with E-state index in [0.29, 0.717) is 11.0 Å². The lowest BCUT2D eigenvalue weighted by Crippen LogP contribution is -2.06. The maximum absolute atomic E-state index is 12.6. The van der Waals surface area contributed by atoms with E-state index in [1.54, 1.807) is 0 Å². The first kappa shape index (κ1) is 11.3. The van der Waals surface area contributed by atoms with Crippen LogP contribution in [-0.4, -0.2) is 10.1 Å². The number of hydrogen-bond donors (Lipinski definition) is 2. The Kier molecular flexibility index (Phi) is 3.77. The molecule has 1 heterocycles. The van der Waals surface area contributed by atoms with Crippen LogP contribution in [0.4, 0.5) is 14.5 Å². The Morgan fingerprint density at radius 2 is 2.21 bits per heavy atom. The van der Waals surface area contributed by atoms with Crippen molar-refractivity contribution in [3.8, 4) is 0 Å². The van der Waals surface area contributed by atoms with Crippen LogP contribution >= 0.6 is 15.9 Å². The highest BCUT2D eigenvalue weighted by Gasteiger charge is 2.19. The second kappa shape index (κ2) is 4.65. The minimum absolute atomic E-state index is 0.0524. The Labute approximate surface area is 88.1 Å². The fourth-order valence-corrected chi connectivity index (χ4v) is 1.56. The van der Waals surface area contributed by atoms with Crippen molar-refractivity contribution in [2.24, 2.45) is 0 Å². The van der Waals surface area contributed by atoms with E-state index in [1.165, 1.54) is 6.20 Å².